The van der Waals surface area contributed by atoms with Crippen molar-refractivity contribution in [3.63, 3.8) is 0 Å². The van der Waals surface area contributed by atoms with Crippen LogP contribution in [-0.4, -0.2) is 25.0 Å². The Hall–Kier alpha value is -3.33. The monoisotopic (exact) mass is 351 g/mol. The van der Waals surface area contributed by atoms with Gasteiger partial charge in [0, 0.05) is 18.7 Å². The van der Waals surface area contributed by atoms with Crippen LogP contribution in [0.1, 0.15) is 24.5 Å². The third kappa shape index (κ3) is 6.29. The van der Waals surface area contributed by atoms with Gasteiger partial charge in [0.1, 0.15) is 5.75 Å². The first-order valence-corrected chi connectivity index (χ1v) is 8.39. The lowest BCUT2D eigenvalue weighted by Gasteiger charge is -2.08. The van der Waals surface area contributed by atoms with Crippen molar-refractivity contribution in [2.75, 3.05) is 18.5 Å². The maximum absolute atomic E-state index is 12.0. The summed E-state index contributed by atoms with van der Waals surface area (Å²) in [4.78, 5) is 23.4. The molecule has 0 fully saturated rings. The number of anilines is 1. The minimum absolute atomic E-state index is 0.0376. The number of amides is 2. The molecular weight excluding hydrogens is 330 g/mol. The minimum Gasteiger partial charge on any atom is -0.484 e. The van der Waals surface area contributed by atoms with E-state index in [1.54, 1.807) is 36.4 Å². The van der Waals surface area contributed by atoms with Gasteiger partial charge in [0.05, 0.1) is 11.6 Å². The number of carbonyl (C=O) groups is 2. The Morgan fingerprint density at radius 3 is 2.35 bits per heavy atom. The van der Waals surface area contributed by atoms with Gasteiger partial charge in [-0.05, 0) is 55.3 Å². The smallest absolute Gasteiger partial charge is 0.257 e. The average Bonchev–Trinajstić information content (AvgIpc) is 2.66. The number of ether oxygens (including phenoxy) is 1. The Bertz CT molecular complexity index is 777. The predicted octanol–water partition coefficient (Wildman–Crippen LogP) is 2.64. The van der Waals surface area contributed by atoms with Gasteiger partial charge in [0.2, 0.25) is 5.91 Å². The molecule has 6 heteroatoms. The first-order valence-electron chi connectivity index (χ1n) is 8.39. The summed E-state index contributed by atoms with van der Waals surface area (Å²) in [5.41, 5.74) is 2.28. The number of hydrogen-bond donors (Lipinski definition) is 2. The molecule has 0 saturated carbocycles. The number of nitriles is 1. The summed E-state index contributed by atoms with van der Waals surface area (Å²) in [6.07, 6.45) is 0.951. The Labute approximate surface area is 152 Å². The van der Waals surface area contributed by atoms with Crippen molar-refractivity contribution < 1.29 is 14.3 Å². The number of benzene rings is 2. The van der Waals surface area contributed by atoms with Crippen LogP contribution >= 0.6 is 0 Å². The molecule has 0 atom stereocenters. The van der Waals surface area contributed by atoms with E-state index in [0.29, 0.717) is 36.4 Å². The Morgan fingerprint density at radius 1 is 1.04 bits per heavy atom. The molecule has 0 aliphatic heterocycles. The number of carbonyl (C=O) groups excluding carboxylic acids is 2. The Morgan fingerprint density at radius 2 is 1.73 bits per heavy atom. The molecule has 0 aliphatic carbocycles. The standard InChI is InChI=1S/C20H21N3O3/c1-2-22-20(25)14-26-18-10-8-17(9-11-18)23-19(24)12-7-15-3-5-16(13-21)6-4-15/h3-6,8-11H,2,7,12,14H2,1H3,(H,22,25)(H,23,24). The second kappa shape index (κ2) is 9.84. The molecule has 2 amide bonds. The van der Waals surface area contributed by atoms with Gasteiger partial charge in [-0.15, -0.1) is 0 Å². The van der Waals surface area contributed by atoms with Crippen LogP contribution in [0.5, 0.6) is 5.75 Å². The summed E-state index contributed by atoms with van der Waals surface area (Å²) in [6.45, 7) is 2.37. The number of hydrogen-bond acceptors (Lipinski definition) is 4. The third-order valence-electron chi connectivity index (χ3n) is 3.61. The Balaban J connectivity index is 1.77. The molecule has 0 saturated heterocycles. The van der Waals surface area contributed by atoms with Gasteiger partial charge in [-0.3, -0.25) is 9.59 Å². The van der Waals surface area contributed by atoms with E-state index in [0.717, 1.165) is 5.56 Å². The molecule has 2 aromatic carbocycles. The summed E-state index contributed by atoms with van der Waals surface area (Å²) in [7, 11) is 0. The van der Waals surface area contributed by atoms with Crippen LogP contribution in [0, 0.1) is 11.3 Å². The van der Waals surface area contributed by atoms with Crippen LogP contribution in [0.4, 0.5) is 5.69 Å². The second-order valence-electron chi connectivity index (χ2n) is 5.62. The van der Waals surface area contributed by atoms with E-state index in [9.17, 15) is 9.59 Å². The van der Waals surface area contributed by atoms with Gasteiger partial charge in [0.25, 0.3) is 5.91 Å². The van der Waals surface area contributed by atoms with Gasteiger partial charge in [-0.1, -0.05) is 12.1 Å². The van der Waals surface area contributed by atoms with Crippen LogP contribution in [0.25, 0.3) is 0 Å². The van der Waals surface area contributed by atoms with E-state index in [-0.39, 0.29) is 18.4 Å². The quantitative estimate of drug-likeness (QED) is 0.765. The van der Waals surface area contributed by atoms with Crippen molar-refractivity contribution in [1.29, 1.82) is 5.26 Å². The summed E-state index contributed by atoms with van der Waals surface area (Å²) < 4.78 is 5.36. The maximum atomic E-state index is 12.0. The fraction of sp³-hybridized carbons (Fsp3) is 0.250. The first-order chi connectivity index (χ1) is 12.6. The van der Waals surface area contributed by atoms with E-state index < -0.39 is 0 Å². The van der Waals surface area contributed by atoms with Crippen molar-refractivity contribution in [3.05, 3.63) is 59.7 Å². The van der Waals surface area contributed by atoms with Crippen LogP contribution in [0.15, 0.2) is 48.5 Å². The number of likely N-dealkylation sites (N-methyl/N-ethyl adjacent to an activating group) is 1. The predicted molar refractivity (Wildman–Crippen MR) is 98.7 cm³/mol. The average molecular weight is 351 g/mol. The zero-order chi connectivity index (χ0) is 18.8. The van der Waals surface area contributed by atoms with Gasteiger partial charge < -0.3 is 15.4 Å². The number of nitrogens with one attached hydrogen (secondary N) is 2. The summed E-state index contributed by atoms with van der Waals surface area (Å²) >= 11 is 0. The lowest BCUT2D eigenvalue weighted by atomic mass is 10.1. The van der Waals surface area contributed by atoms with E-state index >= 15 is 0 Å². The molecule has 2 aromatic rings. The van der Waals surface area contributed by atoms with Crippen LogP contribution in [0.3, 0.4) is 0 Å². The normalized spacial score (nSPS) is 9.85. The summed E-state index contributed by atoms with van der Waals surface area (Å²) in [5, 5.41) is 14.2. The van der Waals surface area contributed by atoms with Gasteiger partial charge in [-0.2, -0.15) is 5.26 Å². The lowest BCUT2D eigenvalue weighted by molar-refractivity contribution is -0.123. The van der Waals surface area contributed by atoms with Crippen LogP contribution < -0.4 is 15.4 Å². The van der Waals surface area contributed by atoms with Crippen molar-refractivity contribution in [1.82, 2.24) is 5.32 Å². The molecule has 0 radical (unpaired) electrons. The molecule has 0 spiro atoms. The van der Waals surface area contributed by atoms with E-state index in [1.807, 2.05) is 19.1 Å². The van der Waals surface area contributed by atoms with Crippen molar-refractivity contribution in [2.45, 2.75) is 19.8 Å². The van der Waals surface area contributed by atoms with Crippen molar-refractivity contribution >= 4 is 17.5 Å². The lowest BCUT2D eigenvalue weighted by Crippen LogP contribution is -2.28. The van der Waals surface area contributed by atoms with Gasteiger partial charge in [0.15, 0.2) is 6.61 Å². The van der Waals surface area contributed by atoms with E-state index in [2.05, 4.69) is 16.7 Å². The second-order valence-corrected chi connectivity index (χ2v) is 5.62. The van der Waals surface area contributed by atoms with Crippen LogP contribution in [-0.2, 0) is 16.0 Å². The maximum Gasteiger partial charge on any atom is 0.257 e. The highest BCUT2D eigenvalue weighted by Crippen LogP contribution is 2.16. The molecule has 0 aromatic heterocycles. The van der Waals surface area contributed by atoms with Gasteiger partial charge in [-0.25, -0.2) is 0 Å². The molecule has 2 N–H and O–H groups in total. The zero-order valence-electron chi connectivity index (χ0n) is 14.6. The molecule has 134 valence electrons. The molecule has 26 heavy (non-hydrogen) atoms. The SMILES string of the molecule is CCNC(=O)COc1ccc(NC(=O)CCc2ccc(C#N)cc2)cc1. The summed E-state index contributed by atoms with van der Waals surface area (Å²) in [5.74, 6) is 0.296. The molecule has 6 nitrogen and oxygen atoms in total. The molecule has 0 aliphatic rings. The molecular formula is C20H21N3O3. The highest BCUT2D eigenvalue weighted by molar-refractivity contribution is 5.90. The molecule has 0 heterocycles. The third-order valence-corrected chi connectivity index (χ3v) is 3.61. The van der Waals surface area contributed by atoms with Gasteiger partial charge >= 0.3 is 0 Å². The fourth-order valence-corrected chi connectivity index (χ4v) is 2.26. The number of aryl methyl sites for hydroxylation is 1. The van der Waals surface area contributed by atoms with Crippen LogP contribution in [0.2, 0.25) is 0 Å². The highest BCUT2D eigenvalue weighted by atomic mass is 16.5. The van der Waals surface area contributed by atoms with E-state index in [1.165, 1.54) is 0 Å². The highest BCUT2D eigenvalue weighted by Gasteiger charge is 2.05. The van der Waals surface area contributed by atoms with Crippen molar-refractivity contribution in [3.8, 4) is 11.8 Å². The minimum atomic E-state index is -0.173. The Kier molecular flexibility index (Phi) is 7.19. The molecule has 0 unspecified atom stereocenters. The number of rotatable bonds is 8. The first kappa shape index (κ1) is 19.0. The molecule has 0 bridgehead atoms. The van der Waals surface area contributed by atoms with E-state index in [4.69, 9.17) is 10.00 Å². The fourth-order valence-electron chi connectivity index (χ4n) is 2.26. The topological polar surface area (TPSA) is 91.2 Å². The zero-order valence-corrected chi connectivity index (χ0v) is 14.6. The van der Waals surface area contributed by atoms with Crippen molar-refractivity contribution in [2.24, 2.45) is 0 Å². The molecule has 2 rings (SSSR count). The largest absolute Gasteiger partial charge is 0.484 e. The summed E-state index contributed by atoms with van der Waals surface area (Å²) in [6, 6.07) is 16.1. The number of nitrogens with zero attached hydrogens (tertiary/aromatic N) is 1.